The fourth-order valence-electron chi connectivity index (χ4n) is 2.28. The summed E-state index contributed by atoms with van der Waals surface area (Å²) in [5.74, 6) is 1.76. The minimum absolute atomic E-state index is 0.200. The Labute approximate surface area is 148 Å². The molecule has 1 aromatic carbocycles. The Balaban J connectivity index is 2.12. The van der Waals surface area contributed by atoms with E-state index in [1.807, 2.05) is 25.1 Å². The van der Waals surface area contributed by atoms with Crippen molar-refractivity contribution >= 4 is 5.91 Å². The number of ether oxygens (including phenoxy) is 2. The number of hydrogen-bond donors (Lipinski definition) is 1. The van der Waals surface area contributed by atoms with Gasteiger partial charge in [0.2, 0.25) is 0 Å². The van der Waals surface area contributed by atoms with Gasteiger partial charge in [0, 0.05) is 6.07 Å². The van der Waals surface area contributed by atoms with Gasteiger partial charge < -0.3 is 19.3 Å². The molecule has 0 aliphatic rings. The van der Waals surface area contributed by atoms with E-state index >= 15 is 0 Å². The van der Waals surface area contributed by atoms with Crippen molar-refractivity contribution < 1.29 is 18.8 Å². The molecule has 0 radical (unpaired) electrons. The van der Waals surface area contributed by atoms with E-state index < -0.39 is 0 Å². The van der Waals surface area contributed by atoms with Crippen LogP contribution in [0.2, 0.25) is 0 Å². The Kier molecular flexibility index (Phi) is 6.86. The summed E-state index contributed by atoms with van der Waals surface area (Å²) in [5.41, 5.74) is 1.21. The Morgan fingerprint density at radius 3 is 2.44 bits per heavy atom. The maximum atomic E-state index is 12.2. The minimum atomic E-state index is -0.272. The minimum Gasteiger partial charge on any atom is -0.490 e. The summed E-state index contributed by atoms with van der Waals surface area (Å²) in [6.07, 6.45) is 1.84. The molecule has 2 aromatic rings. The molecule has 0 saturated heterocycles. The summed E-state index contributed by atoms with van der Waals surface area (Å²) >= 11 is 0. The third kappa shape index (κ3) is 5.24. The lowest BCUT2D eigenvalue weighted by atomic mass is 10.1. The van der Waals surface area contributed by atoms with Gasteiger partial charge in [-0.2, -0.15) is 0 Å². The fraction of sp³-hybridized carbons (Fsp3) is 0.474. The van der Waals surface area contributed by atoms with Crippen molar-refractivity contribution in [3.63, 3.8) is 0 Å². The lowest BCUT2D eigenvalue weighted by Crippen LogP contribution is -2.26. The predicted molar refractivity (Wildman–Crippen MR) is 95.1 cm³/mol. The van der Waals surface area contributed by atoms with Crippen molar-refractivity contribution in [2.75, 3.05) is 13.2 Å². The summed E-state index contributed by atoms with van der Waals surface area (Å²) < 4.78 is 16.5. The number of hydrogen-bond acceptors (Lipinski definition) is 5. The highest BCUT2D eigenvalue weighted by Crippen LogP contribution is 2.31. The first-order valence-electron chi connectivity index (χ1n) is 8.68. The highest BCUT2D eigenvalue weighted by molar-refractivity contribution is 5.92. The molecule has 6 nitrogen and oxygen atoms in total. The summed E-state index contributed by atoms with van der Waals surface area (Å²) in [6, 6.07) is 7.15. The van der Waals surface area contributed by atoms with E-state index in [-0.39, 0.29) is 17.6 Å². The third-order valence-corrected chi connectivity index (χ3v) is 3.60. The van der Waals surface area contributed by atoms with Crippen LogP contribution in [0.15, 0.2) is 28.8 Å². The smallest absolute Gasteiger partial charge is 0.273 e. The third-order valence-electron chi connectivity index (χ3n) is 3.60. The van der Waals surface area contributed by atoms with Crippen LogP contribution in [0.3, 0.4) is 0 Å². The van der Waals surface area contributed by atoms with Gasteiger partial charge in [-0.15, -0.1) is 0 Å². The molecule has 0 aliphatic heterocycles. The normalized spacial score (nSPS) is 11.8. The van der Waals surface area contributed by atoms with Gasteiger partial charge in [0.1, 0.15) is 5.76 Å². The second-order valence-electron chi connectivity index (χ2n) is 5.92. The molecule has 0 saturated carbocycles. The van der Waals surface area contributed by atoms with E-state index in [9.17, 15) is 4.79 Å². The second kappa shape index (κ2) is 9.11. The van der Waals surface area contributed by atoms with Crippen molar-refractivity contribution in [1.82, 2.24) is 10.5 Å². The van der Waals surface area contributed by atoms with Crippen molar-refractivity contribution in [2.24, 2.45) is 0 Å². The highest BCUT2D eigenvalue weighted by Gasteiger charge is 2.16. The molecule has 2 rings (SSSR count). The Bertz CT molecular complexity index is 696. The number of aromatic nitrogens is 1. The quantitative estimate of drug-likeness (QED) is 0.741. The molecule has 0 fully saturated rings. The molecule has 136 valence electrons. The van der Waals surface area contributed by atoms with E-state index in [0.29, 0.717) is 24.7 Å². The summed E-state index contributed by atoms with van der Waals surface area (Å²) in [5, 5.41) is 6.65. The number of nitrogens with one attached hydrogen (secondary N) is 1. The van der Waals surface area contributed by atoms with Crippen molar-refractivity contribution in [3.8, 4) is 11.5 Å². The monoisotopic (exact) mass is 346 g/mol. The molecule has 0 spiro atoms. The number of carbonyl (C=O) groups excluding carboxylic acids is 1. The number of aryl methyl sites for hydroxylation is 1. The maximum Gasteiger partial charge on any atom is 0.273 e. The maximum absolute atomic E-state index is 12.2. The summed E-state index contributed by atoms with van der Waals surface area (Å²) in [6.45, 7) is 9.03. The van der Waals surface area contributed by atoms with Crippen LogP contribution in [0.4, 0.5) is 0 Å². The van der Waals surface area contributed by atoms with Gasteiger partial charge in [-0.1, -0.05) is 25.1 Å². The Morgan fingerprint density at radius 2 is 1.84 bits per heavy atom. The van der Waals surface area contributed by atoms with Crippen LogP contribution < -0.4 is 14.8 Å². The van der Waals surface area contributed by atoms with Crippen molar-refractivity contribution in [2.45, 2.75) is 46.6 Å². The molecule has 1 amide bonds. The molecular formula is C19H26N2O4. The van der Waals surface area contributed by atoms with Gasteiger partial charge in [-0.3, -0.25) is 4.79 Å². The van der Waals surface area contributed by atoms with E-state index in [1.54, 1.807) is 13.0 Å². The molecule has 1 heterocycles. The van der Waals surface area contributed by atoms with Crippen LogP contribution in [-0.4, -0.2) is 24.3 Å². The van der Waals surface area contributed by atoms with Gasteiger partial charge in [0.15, 0.2) is 17.2 Å². The van der Waals surface area contributed by atoms with Crippen LogP contribution in [0, 0.1) is 6.92 Å². The fourth-order valence-corrected chi connectivity index (χ4v) is 2.28. The molecule has 1 atom stereocenters. The SMILES string of the molecule is CCCOc1ccc(C(C)NC(=O)c2cc(C)on2)cc1OCCC. The number of carbonyl (C=O) groups is 1. The Hall–Kier alpha value is -2.50. The summed E-state index contributed by atoms with van der Waals surface area (Å²) in [7, 11) is 0. The number of nitrogens with zero attached hydrogens (tertiary/aromatic N) is 1. The lowest BCUT2D eigenvalue weighted by molar-refractivity contribution is 0.0930. The van der Waals surface area contributed by atoms with E-state index in [0.717, 1.165) is 24.2 Å². The van der Waals surface area contributed by atoms with Crippen molar-refractivity contribution in [1.29, 1.82) is 0 Å². The number of benzene rings is 1. The van der Waals surface area contributed by atoms with Gasteiger partial charge >= 0.3 is 0 Å². The van der Waals surface area contributed by atoms with E-state index in [4.69, 9.17) is 14.0 Å². The zero-order valence-electron chi connectivity index (χ0n) is 15.3. The second-order valence-corrected chi connectivity index (χ2v) is 5.92. The van der Waals surface area contributed by atoms with E-state index in [2.05, 4.69) is 24.3 Å². The first kappa shape index (κ1) is 18.8. The molecule has 25 heavy (non-hydrogen) atoms. The lowest BCUT2D eigenvalue weighted by Gasteiger charge is -2.17. The topological polar surface area (TPSA) is 73.6 Å². The first-order valence-corrected chi connectivity index (χ1v) is 8.68. The van der Waals surface area contributed by atoms with Crippen LogP contribution in [0.25, 0.3) is 0 Å². The standard InChI is InChI=1S/C19H26N2O4/c1-5-9-23-17-8-7-15(12-18(17)24-10-6-2)14(4)20-19(22)16-11-13(3)25-21-16/h7-8,11-12,14H,5-6,9-10H2,1-4H3,(H,20,22). The van der Waals surface area contributed by atoms with Gasteiger partial charge in [-0.05, 0) is 44.4 Å². The Morgan fingerprint density at radius 1 is 1.16 bits per heavy atom. The molecule has 1 unspecified atom stereocenters. The zero-order valence-corrected chi connectivity index (χ0v) is 15.3. The first-order chi connectivity index (χ1) is 12.0. The molecular weight excluding hydrogens is 320 g/mol. The average Bonchev–Trinajstić information content (AvgIpc) is 3.05. The van der Waals surface area contributed by atoms with Gasteiger partial charge in [-0.25, -0.2) is 0 Å². The van der Waals surface area contributed by atoms with E-state index in [1.165, 1.54) is 0 Å². The highest BCUT2D eigenvalue weighted by atomic mass is 16.5. The average molecular weight is 346 g/mol. The number of amides is 1. The van der Waals surface area contributed by atoms with Crippen LogP contribution in [0.1, 0.15) is 61.5 Å². The largest absolute Gasteiger partial charge is 0.490 e. The predicted octanol–water partition coefficient (Wildman–Crippen LogP) is 4.05. The van der Waals surface area contributed by atoms with Crippen molar-refractivity contribution in [3.05, 3.63) is 41.3 Å². The zero-order chi connectivity index (χ0) is 18.2. The molecule has 6 heteroatoms. The van der Waals surface area contributed by atoms with Gasteiger partial charge in [0.25, 0.3) is 5.91 Å². The van der Waals surface area contributed by atoms with Crippen LogP contribution in [-0.2, 0) is 0 Å². The van der Waals surface area contributed by atoms with Gasteiger partial charge in [0.05, 0.1) is 19.3 Å². The van der Waals surface area contributed by atoms with Crippen LogP contribution >= 0.6 is 0 Å². The molecule has 0 aliphatic carbocycles. The van der Waals surface area contributed by atoms with Crippen LogP contribution in [0.5, 0.6) is 11.5 Å². The molecule has 1 aromatic heterocycles. The summed E-state index contributed by atoms with van der Waals surface area (Å²) in [4.78, 5) is 12.2. The molecule has 1 N–H and O–H groups in total. The molecule has 0 bridgehead atoms. The number of rotatable bonds is 9.